The van der Waals surface area contributed by atoms with E-state index < -0.39 is 0 Å². The Hall–Kier alpha value is -0.410. The van der Waals surface area contributed by atoms with Crippen LogP contribution in [0, 0.1) is 17.8 Å². The molecule has 2 aliphatic heterocycles. The smallest absolute Gasteiger partial charge is 0.141 e. The number of ketones is 1. The van der Waals surface area contributed by atoms with Crippen LogP contribution < -0.4 is 0 Å². The second-order valence-electron chi connectivity index (χ2n) is 7.47. The number of hydrogen-bond donors (Lipinski definition) is 0. The van der Waals surface area contributed by atoms with Crippen LogP contribution >= 0.6 is 0 Å². The molecule has 0 aromatic heterocycles. The predicted molar refractivity (Wildman–Crippen MR) is 75.0 cm³/mol. The molecular weight excluding hydrogens is 238 g/mol. The number of hydrogen-bond acceptors (Lipinski definition) is 3. The van der Waals surface area contributed by atoms with Crippen molar-refractivity contribution in [2.24, 2.45) is 17.8 Å². The fraction of sp³-hybridized carbons (Fsp3) is 0.938. The second kappa shape index (κ2) is 4.56. The van der Waals surface area contributed by atoms with Crippen molar-refractivity contribution in [3.05, 3.63) is 0 Å². The normalized spacial score (nSPS) is 42.3. The number of carbonyl (C=O) groups is 1. The minimum absolute atomic E-state index is 0.145. The van der Waals surface area contributed by atoms with Crippen LogP contribution in [0.1, 0.15) is 47.0 Å². The Bertz CT molecular complexity index is 373. The summed E-state index contributed by atoms with van der Waals surface area (Å²) in [5, 5.41) is 0. The lowest BCUT2D eigenvalue weighted by atomic mass is 9.66. The van der Waals surface area contributed by atoms with Gasteiger partial charge in [0.1, 0.15) is 11.4 Å². The lowest BCUT2D eigenvalue weighted by molar-refractivity contribution is -0.235. The highest BCUT2D eigenvalue weighted by molar-refractivity contribution is 5.84. The zero-order valence-electron chi connectivity index (χ0n) is 12.7. The first-order valence-corrected chi connectivity index (χ1v) is 7.86. The second-order valence-corrected chi connectivity index (χ2v) is 7.47. The first-order valence-electron chi connectivity index (χ1n) is 7.86. The number of Topliss-reactive ketones (excluding diaryl/α,β-unsaturated/α-hetero) is 1. The van der Waals surface area contributed by atoms with E-state index in [9.17, 15) is 4.79 Å². The van der Waals surface area contributed by atoms with E-state index in [1.54, 1.807) is 0 Å². The Morgan fingerprint density at radius 3 is 2.47 bits per heavy atom. The van der Waals surface area contributed by atoms with Gasteiger partial charge in [0.25, 0.3) is 0 Å². The molecule has 19 heavy (non-hydrogen) atoms. The molecule has 108 valence electrons. The maximum atomic E-state index is 12.6. The molecule has 3 fully saturated rings. The SMILES string of the molecule is CC1CCC(C)C2C(=O)CC3(CN(C(C)C)C3)OC12. The van der Waals surface area contributed by atoms with Crippen molar-refractivity contribution in [2.45, 2.75) is 64.7 Å². The van der Waals surface area contributed by atoms with Crippen molar-refractivity contribution in [1.29, 1.82) is 0 Å². The van der Waals surface area contributed by atoms with Gasteiger partial charge in [0.05, 0.1) is 6.10 Å². The van der Waals surface area contributed by atoms with Crippen LogP contribution in [-0.2, 0) is 9.53 Å². The van der Waals surface area contributed by atoms with Crippen LogP contribution in [0.5, 0.6) is 0 Å². The standard InChI is InChI=1S/C16H27NO2/c1-10(2)17-8-16(9-17)7-13(18)14-11(3)5-6-12(4)15(14)19-16/h10-12,14-15H,5-9H2,1-4H3. The molecule has 2 saturated heterocycles. The van der Waals surface area contributed by atoms with Gasteiger partial charge in [-0.05, 0) is 38.5 Å². The number of likely N-dealkylation sites (tertiary alicyclic amines) is 1. The Morgan fingerprint density at radius 1 is 1.21 bits per heavy atom. The van der Waals surface area contributed by atoms with Crippen LogP contribution in [0.3, 0.4) is 0 Å². The molecule has 0 bridgehead atoms. The molecule has 0 amide bonds. The Kier molecular flexibility index (Phi) is 3.25. The fourth-order valence-corrected chi connectivity index (χ4v) is 4.25. The highest BCUT2D eigenvalue weighted by Gasteiger charge is 2.56. The van der Waals surface area contributed by atoms with E-state index in [1.165, 1.54) is 12.8 Å². The van der Waals surface area contributed by atoms with Crippen LogP contribution in [0.25, 0.3) is 0 Å². The molecule has 0 aromatic carbocycles. The summed E-state index contributed by atoms with van der Waals surface area (Å²) in [4.78, 5) is 15.0. The van der Waals surface area contributed by atoms with Gasteiger partial charge in [-0.25, -0.2) is 0 Å². The largest absolute Gasteiger partial charge is 0.368 e. The molecule has 3 nitrogen and oxygen atoms in total. The molecule has 4 unspecified atom stereocenters. The number of nitrogens with zero attached hydrogens (tertiary/aromatic N) is 1. The van der Waals surface area contributed by atoms with Crippen LogP contribution in [-0.4, -0.2) is 41.5 Å². The van der Waals surface area contributed by atoms with E-state index in [2.05, 4.69) is 32.6 Å². The maximum Gasteiger partial charge on any atom is 0.141 e. The molecular formula is C16H27NO2. The highest BCUT2D eigenvalue weighted by atomic mass is 16.5. The van der Waals surface area contributed by atoms with E-state index in [-0.39, 0.29) is 17.6 Å². The summed E-state index contributed by atoms with van der Waals surface area (Å²) >= 11 is 0. The summed E-state index contributed by atoms with van der Waals surface area (Å²) < 4.78 is 6.48. The van der Waals surface area contributed by atoms with Crippen LogP contribution in [0.15, 0.2) is 0 Å². The minimum atomic E-state index is -0.145. The molecule has 1 spiro atoms. The Morgan fingerprint density at radius 2 is 1.84 bits per heavy atom. The molecule has 3 rings (SSSR count). The monoisotopic (exact) mass is 265 g/mol. The summed E-state index contributed by atoms with van der Waals surface area (Å²) in [7, 11) is 0. The molecule has 0 aromatic rings. The quantitative estimate of drug-likeness (QED) is 0.729. The van der Waals surface area contributed by atoms with Gasteiger partial charge < -0.3 is 4.74 Å². The van der Waals surface area contributed by atoms with Gasteiger partial charge in [0, 0.05) is 31.5 Å². The lowest BCUT2D eigenvalue weighted by Gasteiger charge is -2.58. The Labute approximate surface area is 116 Å². The third kappa shape index (κ3) is 2.15. The average molecular weight is 265 g/mol. The lowest BCUT2D eigenvalue weighted by Crippen LogP contribution is -2.70. The van der Waals surface area contributed by atoms with Crippen LogP contribution in [0.4, 0.5) is 0 Å². The van der Waals surface area contributed by atoms with Crippen molar-refractivity contribution in [3.63, 3.8) is 0 Å². The number of ether oxygens (including phenoxy) is 1. The molecule has 1 saturated carbocycles. The van der Waals surface area contributed by atoms with Crippen molar-refractivity contribution < 1.29 is 9.53 Å². The first kappa shape index (κ1) is 13.6. The van der Waals surface area contributed by atoms with Crippen molar-refractivity contribution >= 4 is 5.78 Å². The van der Waals surface area contributed by atoms with Gasteiger partial charge in [-0.2, -0.15) is 0 Å². The molecule has 2 heterocycles. The zero-order valence-corrected chi connectivity index (χ0v) is 12.7. The van der Waals surface area contributed by atoms with E-state index in [0.717, 1.165) is 13.1 Å². The Balaban J connectivity index is 1.75. The number of carbonyl (C=O) groups excluding carboxylic acids is 1. The molecule has 1 aliphatic carbocycles. The first-order chi connectivity index (χ1) is 8.92. The molecule has 3 heteroatoms. The molecule has 0 N–H and O–H groups in total. The van der Waals surface area contributed by atoms with Crippen molar-refractivity contribution in [1.82, 2.24) is 4.90 Å². The highest BCUT2D eigenvalue weighted by Crippen LogP contribution is 2.46. The van der Waals surface area contributed by atoms with Gasteiger partial charge >= 0.3 is 0 Å². The average Bonchev–Trinajstić information content (AvgIpc) is 2.30. The molecule has 4 atom stereocenters. The molecule has 3 aliphatic rings. The van der Waals surface area contributed by atoms with Crippen molar-refractivity contribution in [2.75, 3.05) is 13.1 Å². The van der Waals surface area contributed by atoms with Gasteiger partial charge in [0.15, 0.2) is 0 Å². The third-order valence-corrected chi connectivity index (χ3v) is 5.57. The zero-order chi connectivity index (χ0) is 13.8. The predicted octanol–water partition coefficient (Wildman–Crippen LogP) is 2.49. The van der Waals surface area contributed by atoms with Gasteiger partial charge in [-0.3, -0.25) is 9.69 Å². The molecule has 0 radical (unpaired) electrons. The third-order valence-electron chi connectivity index (χ3n) is 5.57. The van der Waals surface area contributed by atoms with Crippen LogP contribution in [0.2, 0.25) is 0 Å². The summed E-state index contributed by atoms with van der Waals surface area (Å²) in [5.74, 6) is 1.68. The summed E-state index contributed by atoms with van der Waals surface area (Å²) in [6, 6.07) is 0.560. The summed E-state index contributed by atoms with van der Waals surface area (Å²) in [6.45, 7) is 10.8. The van der Waals surface area contributed by atoms with Gasteiger partial charge in [0.2, 0.25) is 0 Å². The summed E-state index contributed by atoms with van der Waals surface area (Å²) in [5.41, 5.74) is -0.145. The fourth-order valence-electron chi connectivity index (χ4n) is 4.25. The topological polar surface area (TPSA) is 29.5 Å². The van der Waals surface area contributed by atoms with E-state index in [4.69, 9.17) is 4.74 Å². The van der Waals surface area contributed by atoms with Gasteiger partial charge in [-0.1, -0.05) is 13.8 Å². The van der Waals surface area contributed by atoms with Crippen molar-refractivity contribution in [3.8, 4) is 0 Å². The maximum absolute atomic E-state index is 12.6. The van der Waals surface area contributed by atoms with E-state index in [1.807, 2.05) is 0 Å². The van der Waals surface area contributed by atoms with E-state index >= 15 is 0 Å². The number of rotatable bonds is 1. The van der Waals surface area contributed by atoms with E-state index in [0.29, 0.717) is 30.1 Å². The van der Waals surface area contributed by atoms with Gasteiger partial charge in [-0.15, -0.1) is 0 Å². The summed E-state index contributed by atoms with van der Waals surface area (Å²) in [6.07, 6.45) is 3.22. The number of fused-ring (bicyclic) bond motifs is 1. The minimum Gasteiger partial charge on any atom is -0.368 e.